The van der Waals surface area contributed by atoms with Crippen LogP contribution in [0.25, 0.3) is 0 Å². The molecule has 1 unspecified atom stereocenters. The Balaban J connectivity index is 1.82. The number of Topliss-reactive ketones (excluding diaryl/α,β-unsaturated/α-hetero) is 1. The number of rotatable bonds is 19. The van der Waals surface area contributed by atoms with Crippen molar-refractivity contribution < 1.29 is 38.1 Å². The van der Waals surface area contributed by atoms with E-state index in [-0.39, 0.29) is 37.0 Å². The molecule has 1 aliphatic rings. The van der Waals surface area contributed by atoms with Gasteiger partial charge >= 0.3 is 0 Å². The van der Waals surface area contributed by atoms with E-state index in [1.807, 2.05) is 6.92 Å². The highest BCUT2D eigenvalue weighted by atomic mass is 16.6. The first-order chi connectivity index (χ1) is 15.0. The molecule has 31 heavy (non-hydrogen) atoms. The Kier molecular flexibility index (Phi) is 14.8. The number of nitrogens with one attached hydrogen (secondary N) is 1. The highest BCUT2D eigenvalue weighted by Gasteiger charge is 2.34. The smallest absolute Gasteiger partial charge is 0.229 e. The van der Waals surface area contributed by atoms with Gasteiger partial charge in [-0.2, -0.15) is 0 Å². The average Bonchev–Trinajstić information content (AvgIpc) is 3.00. The van der Waals surface area contributed by atoms with E-state index in [2.05, 4.69) is 5.32 Å². The molecule has 0 spiro atoms. The molecule has 0 aliphatic carbocycles. The highest BCUT2D eigenvalue weighted by molar-refractivity contribution is 6.29. The first kappa shape index (κ1) is 27.2. The van der Waals surface area contributed by atoms with E-state index in [4.69, 9.17) is 26.8 Å². The minimum Gasteiger partial charge on any atom is -0.379 e. The Labute approximate surface area is 184 Å². The van der Waals surface area contributed by atoms with Gasteiger partial charge in [-0.25, -0.2) is 0 Å². The number of likely N-dealkylation sites (tertiary alicyclic amines) is 1. The van der Waals surface area contributed by atoms with Crippen LogP contribution in [0.4, 0.5) is 0 Å². The molecule has 1 saturated heterocycles. The molecule has 0 bridgehead atoms. The fraction of sp³-hybridized carbons (Fsp3) is 0.800. The van der Waals surface area contributed by atoms with Crippen molar-refractivity contribution in [2.75, 3.05) is 65.9 Å². The molecule has 0 aromatic carbocycles. The van der Waals surface area contributed by atoms with Gasteiger partial charge in [-0.05, 0) is 0 Å². The summed E-state index contributed by atoms with van der Waals surface area (Å²) in [4.78, 5) is 47.1. The van der Waals surface area contributed by atoms with Crippen molar-refractivity contribution >= 4 is 31.4 Å². The van der Waals surface area contributed by atoms with Crippen LogP contribution in [0.3, 0.4) is 0 Å². The summed E-state index contributed by atoms with van der Waals surface area (Å²) in [5, 5.41) is 2.66. The summed E-state index contributed by atoms with van der Waals surface area (Å²) in [7, 11) is 5.51. The lowest BCUT2D eigenvalue weighted by Gasteiger charge is -2.14. The van der Waals surface area contributed by atoms with Gasteiger partial charge < -0.3 is 24.3 Å². The van der Waals surface area contributed by atoms with E-state index < -0.39 is 11.7 Å². The molecule has 2 radical (unpaired) electrons. The second-order valence-corrected chi connectivity index (χ2v) is 6.89. The zero-order valence-electron chi connectivity index (χ0n) is 18.3. The van der Waals surface area contributed by atoms with Crippen LogP contribution in [-0.2, 0) is 38.1 Å². The van der Waals surface area contributed by atoms with Crippen LogP contribution in [0.2, 0.25) is 5.82 Å². The van der Waals surface area contributed by atoms with E-state index in [0.29, 0.717) is 72.2 Å². The Morgan fingerprint density at radius 1 is 0.935 bits per heavy atom. The van der Waals surface area contributed by atoms with E-state index in [1.54, 1.807) is 0 Å². The van der Waals surface area contributed by atoms with E-state index in [9.17, 15) is 19.2 Å². The van der Waals surface area contributed by atoms with Crippen molar-refractivity contribution in [1.29, 1.82) is 0 Å². The molecular weight excluding hydrogens is 407 g/mol. The zero-order chi connectivity index (χ0) is 22.9. The molecule has 0 aromatic heterocycles. The number of carbonyl (C=O) groups is 4. The normalized spacial score (nSPS) is 16.2. The second kappa shape index (κ2) is 16.8. The minimum absolute atomic E-state index is 0.000792. The number of imide groups is 1. The summed E-state index contributed by atoms with van der Waals surface area (Å²) in [5.41, 5.74) is 0. The Morgan fingerprint density at radius 3 is 2.00 bits per heavy atom. The molecule has 1 rings (SSSR count). The minimum atomic E-state index is -0.792. The Hall–Kier alpha value is -1.82. The molecule has 1 heterocycles. The number of carbonyl (C=O) groups excluding carboxylic acids is 4. The number of nitrogens with zero attached hydrogens (tertiary/aromatic N) is 1. The van der Waals surface area contributed by atoms with Gasteiger partial charge in [-0.15, -0.1) is 0 Å². The van der Waals surface area contributed by atoms with Crippen molar-refractivity contribution in [2.24, 2.45) is 0 Å². The third-order valence-electron chi connectivity index (χ3n) is 4.45. The van der Waals surface area contributed by atoms with Gasteiger partial charge in [0.2, 0.25) is 17.7 Å². The number of hydrogen-bond donors (Lipinski definition) is 1. The molecule has 11 heteroatoms. The van der Waals surface area contributed by atoms with E-state index in [0.717, 1.165) is 4.90 Å². The van der Waals surface area contributed by atoms with Crippen LogP contribution in [0.5, 0.6) is 0 Å². The fourth-order valence-corrected chi connectivity index (χ4v) is 2.63. The monoisotopic (exact) mass is 440 g/mol. The number of amides is 3. The maximum absolute atomic E-state index is 11.7. The van der Waals surface area contributed by atoms with Crippen molar-refractivity contribution in [3.05, 3.63) is 0 Å². The summed E-state index contributed by atoms with van der Waals surface area (Å²) < 4.78 is 21.3. The quantitative estimate of drug-likeness (QED) is 0.164. The van der Waals surface area contributed by atoms with Crippen LogP contribution in [-0.4, -0.2) is 102 Å². The summed E-state index contributed by atoms with van der Waals surface area (Å²) in [6.45, 7) is 5.53. The van der Waals surface area contributed by atoms with Gasteiger partial charge in [0.05, 0.1) is 60.7 Å². The van der Waals surface area contributed by atoms with Crippen LogP contribution < -0.4 is 5.32 Å². The molecule has 0 aromatic rings. The lowest BCUT2D eigenvalue weighted by Crippen LogP contribution is -2.35. The van der Waals surface area contributed by atoms with Crippen LogP contribution in [0.15, 0.2) is 0 Å². The largest absolute Gasteiger partial charge is 0.379 e. The van der Waals surface area contributed by atoms with E-state index >= 15 is 0 Å². The molecule has 1 N–H and O–H groups in total. The van der Waals surface area contributed by atoms with Gasteiger partial charge in [-0.3, -0.25) is 24.1 Å². The predicted molar refractivity (Wildman–Crippen MR) is 112 cm³/mol. The molecular formula is C20H33BN2O8. The van der Waals surface area contributed by atoms with Crippen molar-refractivity contribution in [1.82, 2.24) is 10.2 Å². The summed E-state index contributed by atoms with van der Waals surface area (Å²) in [6.07, 6.45) is 1.02. The Morgan fingerprint density at radius 2 is 1.48 bits per heavy atom. The average molecular weight is 440 g/mol. The second-order valence-electron chi connectivity index (χ2n) is 6.89. The standard InChI is InChI=1S/C20H33BN2O8/c1-2-16(24)4-7-28-9-11-30-13-14-31-12-10-29-8-5-22-18(25)3-6-23-19(26)15-17(21)20(23)27/h17H,2-15H2,1H3,(H,22,25). The van der Waals surface area contributed by atoms with Gasteiger partial charge in [-0.1, -0.05) is 6.92 Å². The van der Waals surface area contributed by atoms with Crippen molar-refractivity contribution in [3.8, 4) is 0 Å². The first-order valence-electron chi connectivity index (χ1n) is 10.6. The third-order valence-corrected chi connectivity index (χ3v) is 4.45. The van der Waals surface area contributed by atoms with Gasteiger partial charge in [0, 0.05) is 44.6 Å². The van der Waals surface area contributed by atoms with Crippen LogP contribution in [0, 0.1) is 0 Å². The molecule has 0 saturated carbocycles. The highest BCUT2D eigenvalue weighted by Crippen LogP contribution is 2.21. The SMILES string of the molecule is [B]C1CC(=O)N(CCC(=O)NCCOCCOCCOCCOCCC(=O)CC)C1=O. The molecule has 10 nitrogen and oxygen atoms in total. The lowest BCUT2D eigenvalue weighted by atomic mass is 9.86. The number of ketones is 1. The zero-order valence-corrected chi connectivity index (χ0v) is 18.3. The first-order valence-corrected chi connectivity index (χ1v) is 10.6. The van der Waals surface area contributed by atoms with Crippen molar-refractivity contribution in [2.45, 2.75) is 38.4 Å². The topological polar surface area (TPSA) is 120 Å². The maximum atomic E-state index is 11.7. The predicted octanol–water partition coefficient (Wildman–Crippen LogP) is -0.356. The summed E-state index contributed by atoms with van der Waals surface area (Å²) in [6, 6.07) is 0. The molecule has 174 valence electrons. The van der Waals surface area contributed by atoms with Gasteiger partial charge in [0.15, 0.2) is 0 Å². The summed E-state index contributed by atoms with van der Waals surface area (Å²) in [5.74, 6) is -1.64. The van der Waals surface area contributed by atoms with Crippen LogP contribution >= 0.6 is 0 Å². The molecule has 1 aliphatic heterocycles. The molecule has 3 amide bonds. The van der Waals surface area contributed by atoms with Gasteiger partial charge in [0.25, 0.3) is 0 Å². The van der Waals surface area contributed by atoms with E-state index in [1.165, 1.54) is 0 Å². The molecule has 1 atom stereocenters. The van der Waals surface area contributed by atoms with Gasteiger partial charge in [0.1, 0.15) is 5.78 Å². The molecule has 1 fully saturated rings. The van der Waals surface area contributed by atoms with Crippen molar-refractivity contribution in [3.63, 3.8) is 0 Å². The maximum Gasteiger partial charge on any atom is 0.229 e. The Bertz CT molecular complexity index is 575. The fourth-order valence-electron chi connectivity index (χ4n) is 2.63. The number of hydrogen-bond acceptors (Lipinski definition) is 8. The third kappa shape index (κ3) is 12.6. The van der Waals surface area contributed by atoms with Crippen LogP contribution in [0.1, 0.15) is 32.6 Å². The lowest BCUT2D eigenvalue weighted by molar-refractivity contribution is -0.138. The number of ether oxygens (including phenoxy) is 4. The summed E-state index contributed by atoms with van der Waals surface area (Å²) >= 11 is 0.